The van der Waals surface area contributed by atoms with Crippen LogP contribution in [0.1, 0.15) is 89.9 Å². The molecule has 0 bridgehead atoms. The molecule has 0 atom stereocenters. The van der Waals surface area contributed by atoms with Crippen molar-refractivity contribution < 1.29 is 91.2 Å². The maximum atomic E-state index is 13.1. The number of carbonyl (C=O) groups excluding carboxylic acids is 12. The van der Waals surface area contributed by atoms with E-state index in [1.807, 2.05) is 81.2 Å². The van der Waals surface area contributed by atoms with Gasteiger partial charge in [0.1, 0.15) is 16.8 Å². The molecule has 142 heavy (non-hydrogen) atoms. The number of rotatable bonds is 27. The standard InChI is InChI=1S/C24H24ClN5O5S2.C24H21ClN4O5S2.C23H21ClN4O5S2.C21H16BrClN4O5S2/c1-29(2)12-11-26-17-5-8-19-15(13-17)14-21(31)30(23(19)32)18-6-3-16(4-7-18)27-24(33)28-37(34,35)22-10-9-20(25)36-22;25-20-9-10-22(35-20)36(33,34)28-24(32)27-16-3-6-18(7-4-16)29-21(30)12-15-11-17(26-13-14-1-2-14)5-8-19(15)23(29)31;1-2-11-25-16-5-8-18-14(12-16)13-20(29)28(22(18)30)17-6-3-15(4-7-17)26-23(31)27-35(32,33)21-10-9-19(24)34-21;1-24-16-8-11-9-18(28)27(20(29)14(11)10-15(16)22)13-4-2-12(3-5-13)25-21(30)26-34(31,32)19-7-6-17(23)33-19/h3-10,13,26H,11-12,14H2,1-2H3,(H2,27,28,33);3-11,14,26H,1-2,12-13H2,(H2,27,28,32);3-10,12,25H,2,11,13H2,1H3,(H2,26,27,31);2-8,10,24H,9H2,1H3,(H2,25,26,30). The lowest BCUT2D eigenvalue weighted by Crippen LogP contribution is -2.42. The minimum Gasteiger partial charge on any atom is -0.387 e. The molecule has 1 saturated carbocycles. The first-order valence-corrected chi connectivity index (χ1v) is 54.0. The third kappa shape index (κ3) is 26.0. The number of amides is 16. The smallest absolute Gasteiger partial charge is 0.333 e. The van der Waals surface area contributed by atoms with E-state index in [1.165, 1.54) is 158 Å². The van der Waals surface area contributed by atoms with Crippen LogP contribution < -0.4 is 81.0 Å². The third-order valence-electron chi connectivity index (χ3n) is 21.3. The van der Waals surface area contributed by atoms with Gasteiger partial charge in [0.25, 0.3) is 63.7 Å². The quantitative estimate of drug-likeness (QED) is 0.0213. The van der Waals surface area contributed by atoms with Gasteiger partial charge in [-0.05, 0) is 290 Å². The molecule has 0 spiro atoms. The van der Waals surface area contributed by atoms with Crippen LogP contribution in [0.4, 0.5) is 87.4 Å². The topological polar surface area (TPSA) is 502 Å². The van der Waals surface area contributed by atoms with Crippen molar-refractivity contribution >= 4 is 287 Å². The third-order valence-corrected chi connectivity index (χ3v) is 34.2. The van der Waals surface area contributed by atoms with E-state index in [2.05, 4.69) is 58.5 Å². The normalized spacial score (nSPS) is 13.9. The Hall–Kier alpha value is -13.2. The van der Waals surface area contributed by atoms with Crippen LogP contribution in [0.25, 0.3) is 0 Å². The van der Waals surface area contributed by atoms with Crippen LogP contribution in [0.15, 0.2) is 234 Å². The van der Waals surface area contributed by atoms with Gasteiger partial charge in [-0.1, -0.05) is 53.3 Å². The summed E-state index contributed by atoms with van der Waals surface area (Å²) in [4.78, 5) is 159. The van der Waals surface area contributed by atoms with Gasteiger partial charge in [-0.15, -0.1) is 45.3 Å². The predicted molar refractivity (Wildman–Crippen MR) is 553 cm³/mol. The Morgan fingerprint density at radius 1 is 0.359 bits per heavy atom. The summed E-state index contributed by atoms with van der Waals surface area (Å²) in [7, 11) is -10.6. The molecule has 5 aliphatic rings. The van der Waals surface area contributed by atoms with Gasteiger partial charge >= 0.3 is 24.1 Å². The first-order chi connectivity index (χ1) is 67.5. The monoisotopic (exact) mass is 2220 g/mol. The van der Waals surface area contributed by atoms with Crippen LogP contribution in [0, 0.1) is 5.92 Å². The molecule has 16 amide bonds. The molecule has 1 fully saturated rings. The first kappa shape index (κ1) is 105. The highest BCUT2D eigenvalue weighted by Gasteiger charge is 2.39. The second kappa shape index (κ2) is 45.0. The summed E-state index contributed by atoms with van der Waals surface area (Å²) < 4.78 is 107. The Labute approximate surface area is 857 Å². The molecule has 17 rings (SSSR count). The van der Waals surface area contributed by atoms with Gasteiger partial charge in [0.05, 0.1) is 65.8 Å². The second-order valence-corrected chi connectivity index (χ2v) is 47.2. The Morgan fingerprint density at radius 2 is 0.627 bits per heavy atom. The van der Waals surface area contributed by atoms with Gasteiger partial charge in [0, 0.05) is 105 Å². The molecule has 738 valence electrons. The van der Waals surface area contributed by atoms with Crippen molar-refractivity contribution in [2.75, 3.05) is 109 Å². The molecule has 0 radical (unpaired) electrons. The van der Waals surface area contributed by atoms with Gasteiger partial charge in [-0.3, -0.25) is 38.4 Å². The lowest BCUT2D eigenvalue weighted by molar-refractivity contribution is -0.118. The molecule has 4 aromatic heterocycles. The minimum atomic E-state index is -4.07. The fourth-order valence-corrected chi connectivity index (χ4v) is 24.5. The number of hydrogen-bond donors (Lipinski definition) is 12. The van der Waals surface area contributed by atoms with Crippen LogP contribution in [-0.2, 0) is 85.0 Å². The second-order valence-electron chi connectivity index (χ2n) is 31.8. The molecule has 0 unspecified atom stereocenters. The minimum absolute atomic E-state index is 0.0516. The lowest BCUT2D eigenvalue weighted by Gasteiger charge is -2.27. The van der Waals surface area contributed by atoms with Gasteiger partial charge in [0.15, 0.2) is 0 Å². The van der Waals surface area contributed by atoms with Crippen LogP contribution in [0.5, 0.6) is 0 Å². The summed E-state index contributed by atoms with van der Waals surface area (Å²) in [5, 5.41) is 22.5. The van der Waals surface area contributed by atoms with Crippen LogP contribution in [-0.4, -0.2) is 157 Å². The van der Waals surface area contributed by atoms with E-state index in [4.69, 9.17) is 46.4 Å². The summed E-state index contributed by atoms with van der Waals surface area (Å²) in [5.74, 6) is -2.54. The van der Waals surface area contributed by atoms with Crippen molar-refractivity contribution in [2.24, 2.45) is 5.92 Å². The van der Waals surface area contributed by atoms with Crippen molar-refractivity contribution in [3.63, 3.8) is 0 Å². The summed E-state index contributed by atoms with van der Waals surface area (Å²) >= 11 is 29.7. The van der Waals surface area contributed by atoms with Crippen molar-refractivity contribution in [1.82, 2.24) is 23.8 Å². The molecule has 8 heterocycles. The maximum absolute atomic E-state index is 13.1. The fourth-order valence-electron chi connectivity index (χ4n) is 14.4. The number of carbonyl (C=O) groups is 12. The van der Waals surface area contributed by atoms with Crippen LogP contribution >= 0.6 is 108 Å². The zero-order valence-corrected chi connectivity index (χ0v) is 85.8. The van der Waals surface area contributed by atoms with Crippen LogP contribution in [0.2, 0.25) is 17.3 Å². The van der Waals surface area contributed by atoms with Gasteiger partial charge < -0.3 is 47.4 Å². The van der Waals surface area contributed by atoms with E-state index in [9.17, 15) is 91.2 Å². The predicted octanol–water partition coefficient (Wildman–Crippen LogP) is 17.0. The highest BCUT2D eigenvalue weighted by Crippen LogP contribution is 2.39. The van der Waals surface area contributed by atoms with E-state index in [0.717, 1.165) is 120 Å². The van der Waals surface area contributed by atoms with Gasteiger partial charge in [-0.25, -0.2) is 91.3 Å². The average molecular weight is 2220 g/mol. The van der Waals surface area contributed by atoms with Crippen LogP contribution in [0.3, 0.4) is 0 Å². The Balaban J connectivity index is 0.000000150. The maximum Gasteiger partial charge on any atom is 0.333 e. The summed E-state index contributed by atoms with van der Waals surface area (Å²) in [6.45, 7) is 5.30. The van der Waals surface area contributed by atoms with Crippen molar-refractivity contribution in [2.45, 2.75) is 68.7 Å². The number of sulfonamides is 4. The highest BCUT2D eigenvalue weighted by molar-refractivity contribution is 9.10. The number of anilines is 12. The molecular weight excluding hydrogens is 2140 g/mol. The van der Waals surface area contributed by atoms with Gasteiger partial charge in [0.2, 0.25) is 23.6 Å². The molecule has 50 heteroatoms. The van der Waals surface area contributed by atoms with Gasteiger partial charge in [-0.2, -0.15) is 0 Å². The molecule has 12 aromatic rings. The number of thiophene rings is 4. The number of benzene rings is 8. The Kier molecular flexibility index (Phi) is 33.1. The van der Waals surface area contributed by atoms with E-state index >= 15 is 0 Å². The summed E-state index contributed by atoms with van der Waals surface area (Å²) in [6, 6.07) is 50.3. The van der Waals surface area contributed by atoms with E-state index in [0.29, 0.717) is 77.6 Å². The van der Waals surface area contributed by atoms with Crippen molar-refractivity contribution in [3.05, 3.63) is 279 Å². The van der Waals surface area contributed by atoms with Crippen molar-refractivity contribution in [1.29, 1.82) is 0 Å². The van der Waals surface area contributed by atoms with E-state index in [1.54, 1.807) is 37.4 Å². The largest absolute Gasteiger partial charge is 0.387 e. The molecule has 0 saturated heterocycles. The van der Waals surface area contributed by atoms with Crippen molar-refractivity contribution in [3.8, 4) is 0 Å². The number of nitrogens with zero attached hydrogens (tertiary/aromatic N) is 5. The number of nitrogens with one attached hydrogen (secondary N) is 12. The number of hydrogen-bond acceptors (Lipinski definition) is 29. The number of imide groups is 4. The Morgan fingerprint density at radius 3 is 0.887 bits per heavy atom. The van der Waals surface area contributed by atoms with E-state index < -0.39 is 87.8 Å². The zero-order valence-electron chi connectivity index (χ0n) is 74.6. The van der Waals surface area contributed by atoms with E-state index in [-0.39, 0.29) is 106 Å². The molecule has 4 aliphatic heterocycles. The number of fused-ring (bicyclic) bond motifs is 4. The number of urea groups is 4. The zero-order chi connectivity index (χ0) is 102. The molecule has 37 nitrogen and oxygen atoms in total. The highest BCUT2D eigenvalue weighted by atomic mass is 79.9. The lowest BCUT2D eigenvalue weighted by atomic mass is 9.97. The average Bonchev–Trinajstić information content (AvgIpc) is 0.999. The molecule has 12 N–H and O–H groups in total. The molecular formula is C92H82BrCl4N17O20S8. The Bertz CT molecular complexity index is 7500. The first-order valence-electron chi connectivity index (χ1n) is 42.5. The summed E-state index contributed by atoms with van der Waals surface area (Å²) in [5.41, 5.74) is 10.2. The molecule has 1 aliphatic carbocycles. The molecule has 8 aromatic carbocycles. The number of halogens is 5. The number of likely N-dealkylation sites (N-methyl/N-ethyl adjacent to an activating group) is 1. The SMILES string of the molecule is CCCNc1ccc2c(c1)CC(=O)N(c1ccc(NC(=O)NS(=O)(=O)c3ccc(Cl)s3)cc1)C2=O.CN(C)CCNc1ccc2c(c1)CC(=O)N(c1ccc(NC(=O)NS(=O)(=O)c3ccc(Cl)s3)cc1)C2=O.CNc1cc2c(cc1Br)C(=O)N(c1ccc(NC(=O)NS(=O)(=O)c3ccc(Cl)s3)cc1)C(=O)C2.O=C(Nc1ccc(N2C(=O)Cc3cc(NCC4CC4)ccc3C2=O)cc1)NS(=O)(=O)c1ccc(Cl)s1. The fraction of sp³-hybridized carbons (Fsp3) is 0.174. The summed E-state index contributed by atoms with van der Waals surface area (Å²) in [6.07, 6.45) is 3.70.